The first-order chi connectivity index (χ1) is 9.24. The van der Waals surface area contributed by atoms with Crippen LogP contribution in [-0.2, 0) is 6.54 Å². The van der Waals surface area contributed by atoms with Crippen LogP contribution in [0.25, 0.3) is 0 Å². The molecule has 0 spiro atoms. The van der Waals surface area contributed by atoms with Crippen LogP contribution in [0.15, 0.2) is 18.2 Å². The minimum Gasteiger partial charge on any atom is -0.308 e. The smallest absolute Gasteiger partial charge is 0.123 e. The lowest BCUT2D eigenvalue weighted by Gasteiger charge is -2.32. The van der Waals surface area contributed by atoms with E-state index in [9.17, 15) is 4.39 Å². The summed E-state index contributed by atoms with van der Waals surface area (Å²) in [4.78, 5) is 2.64. The standard InChI is InChI=1S/C16H23FN2/c1-12-10-14(17)6-5-13(12)11-18-15-7-9-19-8-3-2-4-16(15)19/h5-6,10,15-16,18H,2-4,7-9,11H2,1H3. The van der Waals surface area contributed by atoms with Gasteiger partial charge in [0.25, 0.3) is 0 Å². The van der Waals surface area contributed by atoms with Crippen molar-refractivity contribution in [2.45, 2.75) is 51.2 Å². The number of aryl methyl sites for hydroxylation is 1. The highest BCUT2D eigenvalue weighted by atomic mass is 19.1. The first kappa shape index (κ1) is 13.1. The topological polar surface area (TPSA) is 15.3 Å². The maximum absolute atomic E-state index is 13.1. The summed E-state index contributed by atoms with van der Waals surface area (Å²) in [6.45, 7) is 5.37. The van der Waals surface area contributed by atoms with Crippen molar-refractivity contribution in [2.75, 3.05) is 13.1 Å². The van der Waals surface area contributed by atoms with Crippen molar-refractivity contribution in [3.8, 4) is 0 Å². The van der Waals surface area contributed by atoms with Crippen LogP contribution in [0.5, 0.6) is 0 Å². The number of benzene rings is 1. The van der Waals surface area contributed by atoms with Crippen LogP contribution in [0.4, 0.5) is 4.39 Å². The fourth-order valence-electron chi connectivity index (χ4n) is 3.58. The third-order valence-corrected chi connectivity index (χ3v) is 4.72. The van der Waals surface area contributed by atoms with E-state index < -0.39 is 0 Å². The minimum absolute atomic E-state index is 0.138. The Bertz CT molecular complexity index is 446. The van der Waals surface area contributed by atoms with E-state index in [1.54, 1.807) is 12.1 Å². The van der Waals surface area contributed by atoms with Gasteiger partial charge in [-0.2, -0.15) is 0 Å². The van der Waals surface area contributed by atoms with Crippen molar-refractivity contribution in [1.29, 1.82) is 0 Å². The Morgan fingerprint density at radius 3 is 3.00 bits per heavy atom. The van der Waals surface area contributed by atoms with E-state index in [0.717, 1.165) is 18.2 Å². The van der Waals surface area contributed by atoms with E-state index in [4.69, 9.17) is 0 Å². The van der Waals surface area contributed by atoms with Gasteiger partial charge >= 0.3 is 0 Å². The molecule has 2 saturated heterocycles. The highest BCUT2D eigenvalue weighted by Crippen LogP contribution is 2.27. The molecular formula is C16H23FN2. The molecule has 1 aromatic carbocycles. The van der Waals surface area contributed by atoms with E-state index in [-0.39, 0.29) is 5.82 Å². The van der Waals surface area contributed by atoms with Crippen LogP contribution in [0.1, 0.15) is 36.8 Å². The maximum atomic E-state index is 13.1. The molecule has 19 heavy (non-hydrogen) atoms. The Kier molecular flexibility index (Phi) is 3.85. The van der Waals surface area contributed by atoms with Crippen LogP contribution in [0.2, 0.25) is 0 Å². The largest absolute Gasteiger partial charge is 0.308 e. The van der Waals surface area contributed by atoms with Crippen molar-refractivity contribution in [3.05, 3.63) is 35.1 Å². The summed E-state index contributed by atoms with van der Waals surface area (Å²) < 4.78 is 13.1. The molecule has 0 aliphatic carbocycles. The van der Waals surface area contributed by atoms with Gasteiger partial charge in [0.2, 0.25) is 0 Å². The molecule has 2 aliphatic rings. The Balaban J connectivity index is 1.60. The predicted octanol–water partition coefficient (Wildman–Crippen LogP) is 2.85. The zero-order valence-electron chi connectivity index (χ0n) is 11.7. The Labute approximate surface area is 115 Å². The van der Waals surface area contributed by atoms with Gasteiger partial charge in [-0.15, -0.1) is 0 Å². The summed E-state index contributed by atoms with van der Waals surface area (Å²) >= 11 is 0. The molecule has 3 heteroatoms. The molecule has 0 saturated carbocycles. The molecule has 3 rings (SSSR count). The van der Waals surface area contributed by atoms with E-state index in [2.05, 4.69) is 10.2 Å². The summed E-state index contributed by atoms with van der Waals surface area (Å²) in [7, 11) is 0. The molecule has 2 atom stereocenters. The van der Waals surface area contributed by atoms with Crippen LogP contribution in [0.3, 0.4) is 0 Å². The monoisotopic (exact) mass is 262 g/mol. The number of hydrogen-bond acceptors (Lipinski definition) is 2. The van der Waals surface area contributed by atoms with E-state index in [0.29, 0.717) is 6.04 Å². The van der Waals surface area contributed by atoms with Gasteiger partial charge in [0.05, 0.1) is 0 Å². The average molecular weight is 262 g/mol. The molecule has 2 heterocycles. The number of nitrogens with one attached hydrogen (secondary N) is 1. The molecule has 104 valence electrons. The molecule has 2 aliphatic heterocycles. The molecule has 1 N–H and O–H groups in total. The van der Waals surface area contributed by atoms with Crippen molar-refractivity contribution in [1.82, 2.24) is 10.2 Å². The second-order valence-electron chi connectivity index (χ2n) is 5.95. The second-order valence-corrected chi connectivity index (χ2v) is 5.95. The number of halogens is 1. The van der Waals surface area contributed by atoms with Crippen molar-refractivity contribution in [3.63, 3.8) is 0 Å². The van der Waals surface area contributed by atoms with Gasteiger partial charge in [-0.05, 0) is 56.0 Å². The van der Waals surface area contributed by atoms with Gasteiger partial charge in [-0.1, -0.05) is 12.5 Å². The molecule has 0 aromatic heterocycles. The number of hydrogen-bond donors (Lipinski definition) is 1. The number of rotatable bonds is 3. The lowest BCUT2D eigenvalue weighted by molar-refractivity contribution is 0.180. The van der Waals surface area contributed by atoms with Gasteiger partial charge in [-0.3, -0.25) is 4.90 Å². The zero-order valence-corrected chi connectivity index (χ0v) is 11.7. The highest BCUT2D eigenvalue weighted by molar-refractivity contribution is 5.26. The van der Waals surface area contributed by atoms with Crippen LogP contribution in [-0.4, -0.2) is 30.1 Å². The van der Waals surface area contributed by atoms with E-state index >= 15 is 0 Å². The minimum atomic E-state index is -0.138. The van der Waals surface area contributed by atoms with Crippen molar-refractivity contribution >= 4 is 0 Å². The van der Waals surface area contributed by atoms with Crippen LogP contribution >= 0.6 is 0 Å². The number of piperidine rings is 1. The fourth-order valence-corrected chi connectivity index (χ4v) is 3.58. The zero-order chi connectivity index (χ0) is 13.2. The first-order valence-electron chi connectivity index (χ1n) is 7.46. The first-order valence-corrected chi connectivity index (χ1v) is 7.46. The molecule has 2 nitrogen and oxygen atoms in total. The lowest BCUT2D eigenvalue weighted by Crippen LogP contribution is -2.44. The quantitative estimate of drug-likeness (QED) is 0.901. The van der Waals surface area contributed by atoms with Gasteiger partial charge in [-0.25, -0.2) is 4.39 Å². The van der Waals surface area contributed by atoms with Crippen molar-refractivity contribution < 1.29 is 4.39 Å². The lowest BCUT2D eigenvalue weighted by atomic mass is 9.98. The molecule has 0 bridgehead atoms. The summed E-state index contributed by atoms with van der Waals surface area (Å²) in [5, 5.41) is 3.69. The van der Waals surface area contributed by atoms with E-state index in [1.165, 1.54) is 44.3 Å². The van der Waals surface area contributed by atoms with Gasteiger partial charge < -0.3 is 5.32 Å². The van der Waals surface area contributed by atoms with Crippen LogP contribution in [0, 0.1) is 12.7 Å². The number of fused-ring (bicyclic) bond motifs is 1. The van der Waals surface area contributed by atoms with E-state index in [1.807, 2.05) is 13.0 Å². The average Bonchev–Trinajstić information content (AvgIpc) is 2.81. The summed E-state index contributed by atoms with van der Waals surface area (Å²) in [6.07, 6.45) is 5.32. The summed E-state index contributed by atoms with van der Waals surface area (Å²) in [6, 6.07) is 6.44. The summed E-state index contributed by atoms with van der Waals surface area (Å²) in [5.41, 5.74) is 2.27. The number of nitrogens with zero attached hydrogens (tertiary/aromatic N) is 1. The highest BCUT2D eigenvalue weighted by Gasteiger charge is 2.34. The van der Waals surface area contributed by atoms with Gasteiger partial charge in [0, 0.05) is 25.2 Å². The molecule has 0 amide bonds. The van der Waals surface area contributed by atoms with Gasteiger partial charge in [0.1, 0.15) is 5.82 Å². The molecular weight excluding hydrogens is 239 g/mol. The maximum Gasteiger partial charge on any atom is 0.123 e. The molecule has 2 fully saturated rings. The molecule has 0 radical (unpaired) electrons. The molecule has 1 aromatic rings. The second kappa shape index (κ2) is 5.59. The predicted molar refractivity (Wildman–Crippen MR) is 75.6 cm³/mol. The summed E-state index contributed by atoms with van der Waals surface area (Å²) in [5.74, 6) is -0.138. The third kappa shape index (κ3) is 2.82. The normalized spacial score (nSPS) is 27.5. The molecule has 2 unspecified atom stereocenters. The fraction of sp³-hybridized carbons (Fsp3) is 0.625. The Morgan fingerprint density at radius 1 is 1.26 bits per heavy atom. The Morgan fingerprint density at radius 2 is 2.16 bits per heavy atom. The Hall–Kier alpha value is -0.930. The van der Waals surface area contributed by atoms with Crippen molar-refractivity contribution in [2.24, 2.45) is 0 Å². The van der Waals surface area contributed by atoms with Gasteiger partial charge in [0.15, 0.2) is 0 Å². The third-order valence-electron chi connectivity index (χ3n) is 4.72. The SMILES string of the molecule is Cc1cc(F)ccc1CNC1CCN2CCCCC12. The van der Waals surface area contributed by atoms with Crippen LogP contribution < -0.4 is 5.32 Å².